The highest BCUT2D eigenvalue weighted by Gasteiger charge is 1.97. The van der Waals surface area contributed by atoms with E-state index in [1.165, 1.54) is 0 Å². The van der Waals surface area contributed by atoms with Crippen LogP contribution in [0.2, 0.25) is 0 Å². The molecule has 0 aliphatic heterocycles. The maximum Gasteiger partial charge on any atom is 0.0528 e. The molecule has 1 aliphatic rings. The summed E-state index contributed by atoms with van der Waals surface area (Å²) in [5.74, 6) is 0.292. The average Bonchev–Trinajstić information content (AvgIpc) is 2.14. The number of aliphatic hydroxyl groups excluding tert-OH is 1. The van der Waals surface area contributed by atoms with Crippen molar-refractivity contribution in [2.75, 3.05) is 6.61 Å². The molecule has 0 heterocycles. The van der Waals surface area contributed by atoms with Crippen LogP contribution in [0.5, 0.6) is 0 Å². The summed E-state index contributed by atoms with van der Waals surface area (Å²) in [5, 5.41) is 8.46. The van der Waals surface area contributed by atoms with Crippen molar-refractivity contribution in [3.63, 3.8) is 0 Å². The molecule has 0 fully saturated rings. The summed E-state index contributed by atoms with van der Waals surface area (Å²) in [5.41, 5.74) is 0. The third kappa shape index (κ3) is 0.904. The van der Waals surface area contributed by atoms with Gasteiger partial charge in [-0.1, -0.05) is 24.3 Å². The van der Waals surface area contributed by atoms with E-state index in [0.717, 1.165) is 0 Å². The number of hydrogen-bond acceptors (Lipinski definition) is 1. The van der Waals surface area contributed by atoms with Crippen LogP contribution in [0.3, 0.4) is 0 Å². The molecule has 0 amide bonds. The molecule has 0 spiro atoms. The molecular weight excluding hydrogens is 88.1 g/mol. The van der Waals surface area contributed by atoms with E-state index in [1.54, 1.807) is 0 Å². The molecule has 0 saturated heterocycles. The molecule has 0 bridgehead atoms. The zero-order valence-electron chi connectivity index (χ0n) is 4.04. The van der Waals surface area contributed by atoms with Gasteiger partial charge in [0.25, 0.3) is 0 Å². The Bertz CT molecular complexity index is 90.7. The van der Waals surface area contributed by atoms with E-state index in [1.807, 2.05) is 24.3 Å². The van der Waals surface area contributed by atoms with E-state index < -0.39 is 0 Å². The van der Waals surface area contributed by atoms with Gasteiger partial charge in [-0.3, -0.25) is 0 Å². The minimum atomic E-state index is 0.243. The highest BCUT2D eigenvalue weighted by Crippen LogP contribution is 2.05. The van der Waals surface area contributed by atoms with Gasteiger partial charge in [-0.05, 0) is 0 Å². The van der Waals surface area contributed by atoms with Crippen molar-refractivity contribution in [2.45, 2.75) is 0 Å². The first-order chi connectivity index (χ1) is 3.43. The van der Waals surface area contributed by atoms with Gasteiger partial charge in [0, 0.05) is 5.92 Å². The highest BCUT2D eigenvalue weighted by molar-refractivity contribution is 5.17. The lowest BCUT2D eigenvalue weighted by Gasteiger charge is -1.93. The second-order valence-electron chi connectivity index (χ2n) is 1.62. The lowest BCUT2D eigenvalue weighted by atomic mass is 10.2. The fourth-order valence-electron chi connectivity index (χ4n) is 0.600. The summed E-state index contributed by atoms with van der Waals surface area (Å²) >= 11 is 0. The predicted octanol–water partition coefficient (Wildman–Crippen LogP) is 0.721. The van der Waals surface area contributed by atoms with E-state index in [4.69, 9.17) is 5.11 Å². The van der Waals surface area contributed by atoms with Crippen LogP contribution < -0.4 is 0 Å². The van der Waals surface area contributed by atoms with Crippen molar-refractivity contribution in [3.05, 3.63) is 24.3 Å². The number of allylic oxidation sites excluding steroid dienone is 2. The molecule has 0 unspecified atom stereocenters. The predicted molar refractivity (Wildman–Crippen MR) is 28.9 cm³/mol. The van der Waals surface area contributed by atoms with E-state index >= 15 is 0 Å². The quantitative estimate of drug-likeness (QED) is 0.510. The molecule has 0 aromatic heterocycles. The van der Waals surface area contributed by atoms with Crippen molar-refractivity contribution < 1.29 is 5.11 Å². The van der Waals surface area contributed by atoms with Gasteiger partial charge in [-0.2, -0.15) is 0 Å². The molecule has 1 heteroatoms. The minimum Gasteiger partial charge on any atom is -0.395 e. The fourth-order valence-corrected chi connectivity index (χ4v) is 0.600. The lowest BCUT2D eigenvalue weighted by Crippen LogP contribution is -1.93. The van der Waals surface area contributed by atoms with Gasteiger partial charge < -0.3 is 5.11 Å². The summed E-state index contributed by atoms with van der Waals surface area (Å²) < 4.78 is 0. The number of aliphatic hydroxyl groups is 1. The average molecular weight is 96.1 g/mol. The summed E-state index contributed by atoms with van der Waals surface area (Å²) in [6, 6.07) is 0. The van der Waals surface area contributed by atoms with Crippen molar-refractivity contribution in [1.29, 1.82) is 0 Å². The first-order valence-corrected chi connectivity index (χ1v) is 2.39. The van der Waals surface area contributed by atoms with Crippen molar-refractivity contribution in [1.82, 2.24) is 0 Å². The second kappa shape index (κ2) is 1.94. The topological polar surface area (TPSA) is 20.2 Å². The van der Waals surface area contributed by atoms with E-state index in [2.05, 4.69) is 0 Å². The molecule has 1 rings (SSSR count). The third-order valence-electron chi connectivity index (χ3n) is 1.04. The Balaban J connectivity index is 2.44. The smallest absolute Gasteiger partial charge is 0.0528 e. The van der Waals surface area contributed by atoms with Gasteiger partial charge >= 0.3 is 0 Å². The fraction of sp³-hybridized carbons (Fsp3) is 0.333. The Labute approximate surface area is 43.0 Å². The lowest BCUT2D eigenvalue weighted by molar-refractivity contribution is 0.275. The van der Waals surface area contributed by atoms with Crippen LogP contribution in [0.1, 0.15) is 0 Å². The molecule has 0 radical (unpaired) electrons. The monoisotopic (exact) mass is 96.1 g/mol. The largest absolute Gasteiger partial charge is 0.395 e. The molecule has 0 aromatic rings. The highest BCUT2D eigenvalue weighted by atomic mass is 16.3. The molecule has 38 valence electrons. The van der Waals surface area contributed by atoms with Crippen LogP contribution in [0.15, 0.2) is 24.3 Å². The third-order valence-corrected chi connectivity index (χ3v) is 1.04. The number of rotatable bonds is 1. The minimum absolute atomic E-state index is 0.243. The van der Waals surface area contributed by atoms with Gasteiger partial charge in [-0.15, -0.1) is 0 Å². The molecular formula is C6H8O. The molecule has 1 aliphatic carbocycles. The van der Waals surface area contributed by atoms with Gasteiger partial charge in [-0.25, -0.2) is 0 Å². The molecule has 0 atom stereocenters. The van der Waals surface area contributed by atoms with Gasteiger partial charge in [0.15, 0.2) is 0 Å². The SMILES string of the molecule is OCC1C=CC=C1. The zero-order valence-corrected chi connectivity index (χ0v) is 4.04. The van der Waals surface area contributed by atoms with E-state index in [9.17, 15) is 0 Å². The van der Waals surface area contributed by atoms with Crippen molar-refractivity contribution >= 4 is 0 Å². The number of hydrogen-bond donors (Lipinski definition) is 1. The molecule has 0 saturated carbocycles. The summed E-state index contributed by atoms with van der Waals surface area (Å²) in [4.78, 5) is 0. The Morgan fingerprint density at radius 2 is 1.86 bits per heavy atom. The molecule has 1 nitrogen and oxygen atoms in total. The normalized spacial score (nSPS) is 19.0. The van der Waals surface area contributed by atoms with E-state index in [-0.39, 0.29) is 6.61 Å². The summed E-state index contributed by atoms with van der Waals surface area (Å²) in [6.07, 6.45) is 7.84. The summed E-state index contributed by atoms with van der Waals surface area (Å²) in [7, 11) is 0. The second-order valence-corrected chi connectivity index (χ2v) is 1.62. The Hall–Kier alpha value is -0.560. The molecule has 1 N–H and O–H groups in total. The Morgan fingerprint density at radius 1 is 1.29 bits per heavy atom. The van der Waals surface area contributed by atoms with Crippen LogP contribution in [0.4, 0.5) is 0 Å². The van der Waals surface area contributed by atoms with Crippen LogP contribution in [0.25, 0.3) is 0 Å². The standard InChI is InChI=1S/C6H8O/c7-5-6-3-1-2-4-6/h1-4,6-7H,5H2. The van der Waals surface area contributed by atoms with Crippen LogP contribution >= 0.6 is 0 Å². The van der Waals surface area contributed by atoms with Crippen LogP contribution in [0, 0.1) is 5.92 Å². The Morgan fingerprint density at radius 3 is 2.14 bits per heavy atom. The van der Waals surface area contributed by atoms with Crippen molar-refractivity contribution in [2.24, 2.45) is 5.92 Å². The van der Waals surface area contributed by atoms with E-state index in [0.29, 0.717) is 5.92 Å². The maximum atomic E-state index is 8.46. The molecule has 0 aromatic carbocycles. The molecule has 7 heavy (non-hydrogen) atoms. The maximum absolute atomic E-state index is 8.46. The first-order valence-electron chi connectivity index (χ1n) is 2.39. The van der Waals surface area contributed by atoms with Crippen LogP contribution in [-0.2, 0) is 0 Å². The summed E-state index contributed by atoms with van der Waals surface area (Å²) in [6.45, 7) is 0.243. The van der Waals surface area contributed by atoms with Crippen LogP contribution in [-0.4, -0.2) is 11.7 Å². The van der Waals surface area contributed by atoms with Gasteiger partial charge in [0.1, 0.15) is 0 Å². The zero-order chi connectivity index (χ0) is 5.11. The van der Waals surface area contributed by atoms with Gasteiger partial charge in [0.2, 0.25) is 0 Å². The van der Waals surface area contributed by atoms with Gasteiger partial charge in [0.05, 0.1) is 6.61 Å². The Kier molecular flexibility index (Phi) is 1.27. The first kappa shape index (κ1) is 4.60. The van der Waals surface area contributed by atoms with Crippen molar-refractivity contribution in [3.8, 4) is 0 Å².